The van der Waals surface area contributed by atoms with E-state index in [9.17, 15) is 14.9 Å². The van der Waals surface area contributed by atoms with E-state index in [4.69, 9.17) is 0 Å². The fraction of sp³-hybridized carbons (Fsp3) is 0.750. The maximum atomic E-state index is 9.78. The predicted molar refractivity (Wildman–Crippen MR) is 25.0 cm³/mol. The summed E-state index contributed by atoms with van der Waals surface area (Å²) in [5.41, 5.74) is 0. The molecule has 0 aromatic carbocycles. The molecule has 44 valence electrons. The molecule has 0 radical (unpaired) electrons. The van der Waals surface area contributed by atoms with Gasteiger partial charge in [0.2, 0.25) is 6.04 Å². The minimum absolute atomic E-state index is 0.287. The molecule has 4 nitrogen and oxygen atoms in total. The second kappa shape index (κ2) is 1.54. The summed E-state index contributed by atoms with van der Waals surface area (Å²) >= 11 is 0. The highest BCUT2D eigenvalue weighted by Gasteiger charge is 2.48. The van der Waals surface area contributed by atoms with Crippen LogP contribution in [0.5, 0.6) is 0 Å². The van der Waals surface area contributed by atoms with E-state index < -0.39 is 11.0 Å². The van der Waals surface area contributed by atoms with Crippen molar-refractivity contribution in [1.82, 2.24) is 0 Å². The Morgan fingerprint density at radius 1 is 1.75 bits per heavy atom. The van der Waals surface area contributed by atoms with E-state index in [1.807, 2.05) is 0 Å². The summed E-state index contributed by atoms with van der Waals surface area (Å²) in [5.74, 6) is -0.287. The lowest BCUT2D eigenvalue weighted by Gasteiger charge is -1.80. The largest absolute Gasteiger partial charge is 0.303 e. The van der Waals surface area contributed by atoms with E-state index in [0.717, 1.165) is 0 Å². The SMILES string of the molecule is O=C[C@H]1C[C@@H]1[N+](=O)[O-]. The normalized spacial score (nSPS) is 34.0. The molecule has 0 unspecified atom stereocenters. The van der Waals surface area contributed by atoms with Gasteiger partial charge in [0, 0.05) is 11.3 Å². The number of rotatable bonds is 2. The van der Waals surface area contributed by atoms with Crippen LogP contribution in [0.2, 0.25) is 0 Å². The lowest BCUT2D eigenvalue weighted by Crippen LogP contribution is -2.03. The molecular formula is C4H5NO3. The van der Waals surface area contributed by atoms with Gasteiger partial charge in [-0.25, -0.2) is 0 Å². The summed E-state index contributed by atoms with van der Waals surface area (Å²) in [7, 11) is 0. The van der Waals surface area contributed by atoms with Gasteiger partial charge in [0.15, 0.2) is 0 Å². The number of nitrogens with zero attached hydrogens (tertiary/aromatic N) is 1. The van der Waals surface area contributed by atoms with Gasteiger partial charge < -0.3 is 4.79 Å². The first-order valence-corrected chi connectivity index (χ1v) is 2.34. The lowest BCUT2D eigenvalue weighted by molar-refractivity contribution is -0.497. The first-order valence-electron chi connectivity index (χ1n) is 2.34. The Morgan fingerprint density at radius 3 is 2.50 bits per heavy atom. The van der Waals surface area contributed by atoms with Crippen LogP contribution in [0.1, 0.15) is 6.42 Å². The molecule has 1 fully saturated rings. The third-order valence-electron chi connectivity index (χ3n) is 1.25. The van der Waals surface area contributed by atoms with Crippen LogP contribution in [0.4, 0.5) is 0 Å². The van der Waals surface area contributed by atoms with Crippen molar-refractivity contribution in [1.29, 1.82) is 0 Å². The van der Waals surface area contributed by atoms with Crippen LogP contribution < -0.4 is 0 Å². The van der Waals surface area contributed by atoms with Crippen molar-refractivity contribution in [2.75, 3.05) is 0 Å². The van der Waals surface area contributed by atoms with Gasteiger partial charge in [0.25, 0.3) is 0 Å². The zero-order valence-electron chi connectivity index (χ0n) is 4.11. The fourth-order valence-electron chi connectivity index (χ4n) is 0.589. The van der Waals surface area contributed by atoms with Crippen molar-refractivity contribution >= 4 is 6.29 Å². The highest BCUT2D eigenvalue weighted by molar-refractivity contribution is 5.58. The molecule has 1 aliphatic carbocycles. The van der Waals surface area contributed by atoms with E-state index in [-0.39, 0.29) is 5.92 Å². The van der Waals surface area contributed by atoms with Gasteiger partial charge >= 0.3 is 0 Å². The maximum Gasteiger partial charge on any atom is 0.223 e. The minimum Gasteiger partial charge on any atom is -0.303 e. The molecule has 0 saturated heterocycles. The molecule has 0 spiro atoms. The van der Waals surface area contributed by atoms with Crippen LogP contribution in [0.3, 0.4) is 0 Å². The molecule has 4 heteroatoms. The van der Waals surface area contributed by atoms with Gasteiger partial charge in [0.1, 0.15) is 6.29 Å². The number of hydrogen-bond donors (Lipinski definition) is 0. The zero-order valence-corrected chi connectivity index (χ0v) is 4.11. The van der Waals surface area contributed by atoms with Gasteiger partial charge in [-0.2, -0.15) is 0 Å². The number of carbonyl (C=O) groups is 1. The Labute approximate surface area is 45.6 Å². The first-order chi connectivity index (χ1) is 3.75. The monoisotopic (exact) mass is 115 g/mol. The highest BCUT2D eigenvalue weighted by Crippen LogP contribution is 2.30. The molecule has 0 amide bonds. The van der Waals surface area contributed by atoms with Crippen LogP contribution in [-0.2, 0) is 4.79 Å². The van der Waals surface area contributed by atoms with Gasteiger partial charge in [0.05, 0.1) is 5.92 Å². The molecule has 0 bridgehead atoms. The van der Waals surface area contributed by atoms with Gasteiger partial charge in [-0.05, 0) is 0 Å². The van der Waals surface area contributed by atoms with Crippen LogP contribution in [0, 0.1) is 16.0 Å². The zero-order chi connectivity index (χ0) is 6.15. The summed E-state index contributed by atoms with van der Waals surface area (Å²) in [6.45, 7) is 0. The maximum absolute atomic E-state index is 9.78. The molecule has 0 N–H and O–H groups in total. The van der Waals surface area contributed by atoms with Crippen LogP contribution in [-0.4, -0.2) is 17.3 Å². The molecule has 0 aliphatic heterocycles. The highest BCUT2D eigenvalue weighted by atomic mass is 16.6. The van der Waals surface area contributed by atoms with E-state index in [1.165, 1.54) is 0 Å². The van der Waals surface area contributed by atoms with E-state index >= 15 is 0 Å². The van der Waals surface area contributed by atoms with Gasteiger partial charge in [-0.1, -0.05) is 0 Å². The first kappa shape index (κ1) is 5.21. The standard InChI is InChI=1S/C4H5NO3/c6-2-3-1-4(3)5(7)8/h2-4H,1H2/t3-,4+/m1/s1. The third kappa shape index (κ3) is 0.685. The molecule has 1 saturated carbocycles. The van der Waals surface area contributed by atoms with Crippen molar-refractivity contribution in [2.45, 2.75) is 12.5 Å². The predicted octanol–water partition coefficient (Wildman–Crippen LogP) is -0.150. The Balaban J connectivity index is 2.36. The van der Waals surface area contributed by atoms with Crippen molar-refractivity contribution in [3.05, 3.63) is 10.1 Å². The molecule has 0 heterocycles. The van der Waals surface area contributed by atoms with Crippen LogP contribution >= 0.6 is 0 Å². The summed E-state index contributed by atoms with van der Waals surface area (Å²) in [4.78, 5) is 19.2. The molecular weight excluding hydrogens is 110 g/mol. The molecule has 1 rings (SSSR count). The van der Waals surface area contributed by atoms with E-state index in [0.29, 0.717) is 12.7 Å². The van der Waals surface area contributed by atoms with Gasteiger partial charge in [-0.3, -0.25) is 10.1 Å². The number of hydrogen-bond acceptors (Lipinski definition) is 3. The molecule has 2 atom stereocenters. The number of nitro groups is 1. The Hall–Kier alpha value is -0.930. The lowest BCUT2D eigenvalue weighted by atomic mass is 10.5. The average molecular weight is 115 g/mol. The summed E-state index contributed by atoms with van der Waals surface area (Å²) in [6, 6.07) is -0.563. The Bertz CT molecular complexity index is 133. The van der Waals surface area contributed by atoms with Crippen LogP contribution in [0.25, 0.3) is 0 Å². The third-order valence-corrected chi connectivity index (χ3v) is 1.25. The molecule has 1 aliphatic rings. The fourth-order valence-corrected chi connectivity index (χ4v) is 0.589. The quantitative estimate of drug-likeness (QED) is 0.285. The number of carbonyl (C=O) groups excluding carboxylic acids is 1. The molecule has 8 heavy (non-hydrogen) atoms. The van der Waals surface area contributed by atoms with Crippen molar-refractivity contribution in [2.24, 2.45) is 5.92 Å². The Morgan fingerprint density at radius 2 is 2.38 bits per heavy atom. The smallest absolute Gasteiger partial charge is 0.223 e. The van der Waals surface area contributed by atoms with Gasteiger partial charge in [-0.15, -0.1) is 0 Å². The van der Waals surface area contributed by atoms with Crippen molar-refractivity contribution in [3.8, 4) is 0 Å². The van der Waals surface area contributed by atoms with Crippen LogP contribution in [0.15, 0.2) is 0 Å². The second-order valence-electron chi connectivity index (χ2n) is 1.89. The van der Waals surface area contributed by atoms with Crippen molar-refractivity contribution in [3.63, 3.8) is 0 Å². The summed E-state index contributed by atoms with van der Waals surface area (Å²) in [6.07, 6.45) is 1.09. The molecule has 0 aromatic heterocycles. The number of aldehydes is 1. The minimum atomic E-state index is -0.563. The van der Waals surface area contributed by atoms with Crippen molar-refractivity contribution < 1.29 is 9.72 Å². The van der Waals surface area contributed by atoms with E-state index in [1.54, 1.807) is 0 Å². The van der Waals surface area contributed by atoms with E-state index in [2.05, 4.69) is 0 Å². The Kier molecular flexibility index (Phi) is 1.00. The topological polar surface area (TPSA) is 60.2 Å². The summed E-state index contributed by atoms with van der Waals surface area (Å²) in [5, 5.41) is 9.78. The second-order valence-corrected chi connectivity index (χ2v) is 1.89. The average Bonchev–Trinajstić information content (AvgIpc) is 2.42. The molecule has 0 aromatic rings. The summed E-state index contributed by atoms with van der Waals surface area (Å²) < 4.78 is 0.